The third kappa shape index (κ3) is 10.5. The lowest BCUT2D eigenvalue weighted by molar-refractivity contribution is -0.137. The quantitative estimate of drug-likeness (QED) is 0.199. The fraction of sp³-hybridized carbons (Fsp3) is 0.389. The molecule has 1 saturated heterocycles. The van der Waals surface area contributed by atoms with Crippen LogP contribution < -0.4 is 20.9 Å². The lowest BCUT2D eigenvalue weighted by atomic mass is 9.92. The van der Waals surface area contributed by atoms with E-state index < -0.39 is 60.0 Å². The zero-order valence-electron chi connectivity index (χ0n) is 27.4. The van der Waals surface area contributed by atoms with Gasteiger partial charge in [-0.1, -0.05) is 80.6 Å². The minimum absolute atomic E-state index is 0.00408. The Morgan fingerprint density at radius 2 is 1.51 bits per heavy atom. The van der Waals surface area contributed by atoms with E-state index in [-0.39, 0.29) is 36.9 Å². The van der Waals surface area contributed by atoms with Crippen LogP contribution in [0.3, 0.4) is 0 Å². The number of aliphatic hydroxyl groups excluding tert-OH is 1. The molecule has 3 aromatic carbocycles. The van der Waals surface area contributed by atoms with Crippen molar-refractivity contribution < 1.29 is 42.2 Å². The fourth-order valence-electron chi connectivity index (χ4n) is 5.68. The lowest BCUT2D eigenvalue weighted by Crippen LogP contribution is -2.54. The van der Waals surface area contributed by atoms with Gasteiger partial charge in [0, 0.05) is 18.7 Å². The molecule has 0 radical (unpaired) electrons. The number of aliphatic hydroxyl groups is 1. The first kappa shape index (κ1) is 36.9. The van der Waals surface area contributed by atoms with Gasteiger partial charge in [-0.3, -0.25) is 19.3 Å². The van der Waals surface area contributed by atoms with Crippen molar-refractivity contribution in [2.24, 2.45) is 5.92 Å². The third-order valence-corrected chi connectivity index (χ3v) is 8.19. The van der Waals surface area contributed by atoms with E-state index in [1.54, 1.807) is 26.0 Å². The van der Waals surface area contributed by atoms with Gasteiger partial charge < -0.3 is 25.8 Å². The number of benzene rings is 3. The Bertz CT molecular complexity index is 1590. The van der Waals surface area contributed by atoms with Crippen molar-refractivity contribution in [3.63, 3.8) is 0 Å². The number of hydrogen-bond donors (Lipinski definition) is 4. The first-order chi connectivity index (χ1) is 23.2. The van der Waals surface area contributed by atoms with Crippen LogP contribution in [0.4, 0.5) is 23.7 Å². The molecule has 0 aliphatic carbocycles. The number of cyclic esters (lactones) is 1. The maximum Gasteiger partial charge on any atom is 0.416 e. The highest BCUT2D eigenvalue weighted by Gasteiger charge is 2.40. The molecule has 1 aliphatic rings. The van der Waals surface area contributed by atoms with Crippen LogP contribution in [-0.2, 0) is 38.1 Å². The van der Waals surface area contributed by atoms with Crippen LogP contribution in [0.5, 0.6) is 0 Å². The minimum Gasteiger partial charge on any atom is -0.434 e. The van der Waals surface area contributed by atoms with Gasteiger partial charge in [0.15, 0.2) is 6.10 Å². The number of halogens is 3. The van der Waals surface area contributed by atoms with Crippen molar-refractivity contribution in [3.8, 4) is 0 Å². The maximum absolute atomic E-state index is 13.5. The van der Waals surface area contributed by atoms with E-state index in [0.29, 0.717) is 6.42 Å². The molecule has 0 bridgehead atoms. The van der Waals surface area contributed by atoms with E-state index in [2.05, 4.69) is 16.0 Å². The number of ether oxygens (including phenoxy) is 1. The molecule has 10 nitrogen and oxygen atoms in total. The summed E-state index contributed by atoms with van der Waals surface area (Å²) < 4.78 is 45.2. The normalized spacial score (nSPS) is 17.1. The fourth-order valence-corrected chi connectivity index (χ4v) is 5.68. The van der Waals surface area contributed by atoms with Crippen LogP contribution >= 0.6 is 0 Å². The summed E-state index contributed by atoms with van der Waals surface area (Å²) in [6.07, 6.45) is -7.67. The van der Waals surface area contributed by atoms with Gasteiger partial charge >= 0.3 is 12.3 Å². The molecule has 4 amide bonds. The number of rotatable bonds is 14. The van der Waals surface area contributed by atoms with Crippen LogP contribution in [-0.4, -0.2) is 65.8 Å². The van der Waals surface area contributed by atoms with Gasteiger partial charge in [-0.25, -0.2) is 4.79 Å². The Morgan fingerprint density at radius 1 is 0.898 bits per heavy atom. The van der Waals surface area contributed by atoms with Crippen LogP contribution in [0.15, 0.2) is 84.9 Å². The Morgan fingerprint density at radius 3 is 2.08 bits per heavy atom. The summed E-state index contributed by atoms with van der Waals surface area (Å²) in [5, 5.41) is 20.1. The van der Waals surface area contributed by atoms with E-state index in [1.807, 2.05) is 48.5 Å². The summed E-state index contributed by atoms with van der Waals surface area (Å²) in [7, 11) is 0. The highest BCUT2D eigenvalue weighted by molar-refractivity contribution is 5.95. The average molecular weight is 683 g/mol. The van der Waals surface area contributed by atoms with Crippen molar-refractivity contribution in [1.29, 1.82) is 0 Å². The molecule has 4 rings (SSSR count). The topological polar surface area (TPSA) is 137 Å². The van der Waals surface area contributed by atoms with Gasteiger partial charge in [-0.15, -0.1) is 0 Å². The smallest absolute Gasteiger partial charge is 0.416 e. The van der Waals surface area contributed by atoms with Crippen molar-refractivity contribution in [2.45, 2.75) is 76.5 Å². The van der Waals surface area contributed by atoms with Gasteiger partial charge in [0.05, 0.1) is 24.3 Å². The first-order valence-corrected chi connectivity index (χ1v) is 16.0. The molecular weight excluding hydrogens is 641 g/mol. The summed E-state index contributed by atoms with van der Waals surface area (Å²) in [5.74, 6) is -1.74. The second-order valence-electron chi connectivity index (χ2n) is 12.5. The van der Waals surface area contributed by atoms with E-state index in [0.717, 1.165) is 34.2 Å². The average Bonchev–Trinajstić information content (AvgIpc) is 3.45. The molecule has 1 fully saturated rings. The highest BCUT2D eigenvalue weighted by Crippen LogP contribution is 2.33. The molecular formula is C36H41F3N4O6. The SMILES string of the molecule is CC(=O)N[C@H](C(=O)N[C@@H](Cc1ccccc1)C[C@H](O)[C@H](Cc1ccccc1)NC(=O)C1CN(c2cccc(C(F)(F)F)c2)C(=O)O1)C(C)C. The van der Waals surface area contributed by atoms with Crippen LogP contribution in [0.1, 0.15) is 43.9 Å². The summed E-state index contributed by atoms with van der Waals surface area (Å²) in [6.45, 7) is 4.59. The van der Waals surface area contributed by atoms with Crippen LogP contribution in [0.25, 0.3) is 0 Å². The third-order valence-electron chi connectivity index (χ3n) is 8.19. The molecule has 3 aromatic rings. The van der Waals surface area contributed by atoms with Crippen molar-refractivity contribution in [2.75, 3.05) is 11.4 Å². The van der Waals surface area contributed by atoms with Crippen LogP contribution in [0, 0.1) is 5.92 Å². The predicted octanol–water partition coefficient (Wildman–Crippen LogP) is 4.40. The molecule has 49 heavy (non-hydrogen) atoms. The Labute approximate surface area is 283 Å². The molecule has 262 valence electrons. The molecule has 13 heteroatoms. The van der Waals surface area contributed by atoms with Gasteiger partial charge in [0.2, 0.25) is 11.8 Å². The van der Waals surface area contributed by atoms with Crippen LogP contribution in [0.2, 0.25) is 0 Å². The second kappa shape index (κ2) is 16.5. The molecule has 0 aromatic heterocycles. The summed E-state index contributed by atoms with van der Waals surface area (Å²) >= 11 is 0. The number of nitrogens with zero attached hydrogens (tertiary/aromatic N) is 1. The summed E-state index contributed by atoms with van der Waals surface area (Å²) in [5.41, 5.74) is 0.645. The zero-order chi connectivity index (χ0) is 35.7. The molecule has 0 saturated carbocycles. The number of amides is 4. The maximum atomic E-state index is 13.5. The second-order valence-corrected chi connectivity index (χ2v) is 12.5. The molecule has 0 spiro atoms. The zero-order valence-corrected chi connectivity index (χ0v) is 27.4. The number of hydrogen-bond acceptors (Lipinski definition) is 6. The number of anilines is 1. The Hall–Kier alpha value is -4.91. The number of alkyl halides is 3. The van der Waals surface area contributed by atoms with E-state index in [9.17, 15) is 37.5 Å². The predicted molar refractivity (Wildman–Crippen MR) is 176 cm³/mol. The van der Waals surface area contributed by atoms with E-state index >= 15 is 0 Å². The molecule has 4 N–H and O–H groups in total. The molecule has 1 aliphatic heterocycles. The number of carbonyl (C=O) groups excluding carboxylic acids is 4. The van der Waals surface area contributed by atoms with Gasteiger partial charge in [-0.2, -0.15) is 13.2 Å². The Kier molecular flexibility index (Phi) is 12.4. The highest BCUT2D eigenvalue weighted by atomic mass is 19.4. The van der Waals surface area contributed by atoms with Gasteiger partial charge in [-0.05, 0) is 54.5 Å². The summed E-state index contributed by atoms with van der Waals surface area (Å²) in [4.78, 5) is 52.3. The number of carbonyl (C=O) groups is 4. The van der Waals surface area contributed by atoms with E-state index in [4.69, 9.17) is 4.74 Å². The van der Waals surface area contributed by atoms with Gasteiger partial charge in [0.25, 0.3) is 5.91 Å². The van der Waals surface area contributed by atoms with E-state index in [1.165, 1.54) is 13.0 Å². The van der Waals surface area contributed by atoms with Crippen molar-refractivity contribution >= 4 is 29.5 Å². The Balaban J connectivity index is 1.54. The standard InChI is InChI=1S/C36H41F3N4O6/c1-22(2)32(40-23(3)44)34(47)41-27(17-24-11-6-4-7-12-24)20-30(45)29(18-25-13-8-5-9-14-25)42-33(46)31-21-43(35(48)49-31)28-16-10-15-26(19-28)36(37,38)39/h4-16,19,22,27,29-32,45H,17-18,20-21H2,1-3H3,(H,40,44)(H,41,47)(H,42,46)/t27-,29-,30-,31?,32-/m0/s1. The molecule has 1 unspecified atom stereocenters. The largest absolute Gasteiger partial charge is 0.434 e. The molecule has 5 atom stereocenters. The van der Waals surface area contributed by atoms with Crippen molar-refractivity contribution in [3.05, 3.63) is 102 Å². The summed E-state index contributed by atoms with van der Waals surface area (Å²) in [6, 6.07) is 20.2. The monoisotopic (exact) mass is 682 g/mol. The van der Waals surface area contributed by atoms with Crippen molar-refractivity contribution in [1.82, 2.24) is 16.0 Å². The molecule has 1 heterocycles. The first-order valence-electron chi connectivity index (χ1n) is 16.0. The van der Waals surface area contributed by atoms with Gasteiger partial charge in [0.1, 0.15) is 6.04 Å². The lowest BCUT2D eigenvalue weighted by Gasteiger charge is -2.30. The minimum atomic E-state index is -4.63. The number of nitrogens with one attached hydrogen (secondary N) is 3.